The Morgan fingerprint density at radius 2 is 2.00 bits per heavy atom. The number of hydrogen-bond donors (Lipinski definition) is 1. The lowest BCUT2D eigenvalue weighted by atomic mass is 9.92. The van der Waals surface area contributed by atoms with Gasteiger partial charge in [-0.05, 0) is 47.7 Å². The van der Waals surface area contributed by atoms with E-state index in [9.17, 15) is 0 Å². The lowest BCUT2D eigenvalue weighted by Crippen LogP contribution is -2.35. The Labute approximate surface area is 114 Å². The quantitative estimate of drug-likeness (QED) is 0.809. The van der Waals surface area contributed by atoms with E-state index in [1.165, 1.54) is 28.5 Å². The summed E-state index contributed by atoms with van der Waals surface area (Å²) in [7, 11) is 0. The molecule has 0 aliphatic carbocycles. The van der Waals surface area contributed by atoms with Crippen molar-refractivity contribution in [3.8, 4) is 0 Å². The summed E-state index contributed by atoms with van der Waals surface area (Å²) in [5.41, 5.74) is 1.51. The van der Waals surface area contributed by atoms with Gasteiger partial charge in [-0.15, -0.1) is 11.3 Å². The minimum atomic E-state index is 0.633. The Morgan fingerprint density at radius 3 is 2.72 bits per heavy atom. The van der Waals surface area contributed by atoms with Crippen molar-refractivity contribution in [3.05, 3.63) is 35.2 Å². The number of benzene rings is 1. The van der Waals surface area contributed by atoms with Crippen molar-refractivity contribution in [2.24, 2.45) is 5.92 Å². The largest absolute Gasteiger partial charge is 0.314 e. The predicted molar refractivity (Wildman–Crippen MR) is 82.4 cm³/mol. The Balaban J connectivity index is 2.13. The highest BCUT2D eigenvalue weighted by atomic mass is 32.1. The second-order valence-corrected chi connectivity index (χ2v) is 5.92. The third-order valence-corrected chi connectivity index (χ3v) is 4.71. The van der Waals surface area contributed by atoms with E-state index in [1.54, 1.807) is 0 Å². The van der Waals surface area contributed by atoms with Crippen LogP contribution in [0.5, 0.6) is 0 Å². The highest BCUT2D eigenvalue weighted by molar-refractivity contribution is 7.17. The summed E-state index contributed by atoms with van der Waals surface area (Å²) >= 11 is 1.87. The van der Waals surface area contributed by atoms with E-state index in [0.717, 1.165) is 6.54 Å². The van der Waals surface area contributed by atoms with E-state index in [2.05, 4.69) is 55.7 Å². The van der Waals surface area contributed by atoms with E-state index in [0.29, 0.717) is 12.0 Å². The molecule has 1 heterocycles. The molecule has 2 atom stereocenters. The first-order valence-corrected chi connectivity index (χ1v) is 7.82. The van der Waals surface area contributed by atoms with Crippen LogP contribution in [0.4, 0.5) is 0 Å². The molecule has 0 bridgehead atoms. The van der Waals surface area contributed by atoms with Crippen LogP contribution in [0.15, 0.2) is 29.6 Å². The lowest BCUT2D eigenvalue weighted by Gasteiger charge is -2.23. The zero-order valence-corrected chi connectivity index (χ0v) is 12.4. The van der Waals surface area contributed by atoms with E-state index >= 15 is 0 Å². The van der Waals surface area contributed by atoms with Crippen molar-refractivity contribution >= 4 is 21.4 Å². The van der Waals surface area contributed by atoms with Gasteiger partial charge in [0.1, 0.15) is 0 Å². The molecule has 0 radical (unpaired) electrons. The standard InChI is InChI=1S/C16H23NS/c1-4-15(17-5-2)12(3)10-13-11-18-16-9-7-6-8-14(13)16/h6-9,11-12,15,17H,4-5,10H2,1-3H3. The normalized spacial score (nSPS) is 14.8. The molecule has 0 fully saturated rings. The zero-order valence-electron chi connectivity index (χ0n) is 11.6. The molecule has 0 aliphatic heterocycles. The predicted octanol–water partition coefficient (Wildman–Crippen LogP) is 4.47. The Hall–Kier alpha value is -0.860. The van der Waals surface area contributed by atoms with Crippen molar-refractivity contribution in [1.82, 2.24) is 5.32 Å². The lowest BCUT2D eigenvalue weighted by molar-refractivity contribution is 0.372. The molecule has 0 saturated heterocycles. The number of nitrogens with one attached hydrogen (secondary N) is 1. The number of fused-ring (bicyclic) bond motifs is 1. The average Bonchev–Trinajstić information content (AvgIpc) is 2.79. The van der Waals surface area contributed by atoms with Gasteiger partial charge >= 0.3 is 0 Å². The highest BCUT2D eigenvalue weighted by Gasteiger charge is 2.16. The van der Waals surface area contributed by atoms with Crippen LogP contribution in [-0.2, 0) is 6.42 Å². The average molecular weight is 261 g/mol. The molecule has 0 saturated carbocycles. The summed E-state index contributed by atoms with van der Waals surface area (Å²) in [5.74, 6) is 0.688. The van der Waals surface area contributed by atoms with Crippen LogP contribution < -0.4 is 5.32 Å². The second-order valence-electron chi connectivity index (χ2n) is 5.01. The van der Waals surface area contributed by atoms with Crippen LogP contribution in [0, 0.1) is 5.92 Å². The van der Waals surface area contributed by atoms with Crippen molar-refractivity contribution < 1.29 is 0 Å². The first kappa shape index (κ1) is 13.6. The number of hydrogen-bond acceptors (Lipinski definition) is 2. The molecule has 0 aliphatic rings. The van der Waals surface area contributed by atoms with E-state index in [1.807, 2.05) is 11.3 Å². The van der Waals surface area contributed by atoms with Gasteiger partial charge < -0.3 is 5.32 Å². The number of rotatable bonds is 6. The summed E-state index contributed by atoms with van der Waals surface area (Å²) < 4.78 is 1.41. The summed E-state index contributed by atoms with van der Waals surface area (Å²) in [4.78, 5) is 0. The minimum Gasteiger partial charge on any atom is -0.314 e. The summed E-state index contributed by atoms with van der Waals surface area (Å²) in [6.07, 6.45) is 2.38. The molecule has 98 valence electrons. The molecular weight excluding hydrogens is 238 g/mol. The molecular formula is C16H23NS. The van der Waals surface area contributed by atoms with Gasteiger partial charge in [0.2, 0.25) is 0 Å². The molecule has 18 heavy (non-hydrogen) atoms. The third-order valence-electron chi connectivity index (χ3n) is 3.70. The molecule has 2 heteroatoms. The van der Waals surface area contributed by atoms with Gasteiger partial charge in [-0.3, -0.25) is 0 Å². The van der Waals surface area contributed by atoms with Gasteiger partial charge in [0.15, 0.2) is 0 Å². The van der Waals surface area contributed by atoms with Crippen molar-refractivity contribution in [3.63, 3.8) is 0 Å². The first-order valence-electron chi connectivity index (χ1n) is 6.94. The monoisotopic (exact) mass is 261 g/mol. The molecule has 1 N–H and O–H groups in total. The van der Waals surface area contributed by atoms with Gasteiger partial charge in [0.25, 0.3) is 0 Å². The van der Waals surface area contributed by atoms with E-state index in [4.69, 9.17) is 0 Å². The van der Waals surface area contributed by atoms with Crippen molar-refractivity contribution in [1.29, 1.82) is 0 Å². The van der Waals surface area contributed by atoms with Crippen LogP contribution in [0.3, 0.4) is 0 Å². The van der Waals surface area contributed by atoms with Crippen molar-refractivity contribution in [2.75, 3.05) is 6.54 Å². The van der Waals surface area contributed by atoms with Crippen molar-refractivity contribution in [2.45, 2.75) is 39.7 Å². The fourth-order valence-electron chi connectivity index (χ4n) is 2.69. The number of thiophene rings is 1. The van der Waals surface area contributed by atoms with Crippen LogP contribution in [0.1, 0.15) is 32.8 Å². The van der Waals surface area contributed by atoms with Crippen LogP contribution in [0.2, 0.25) is 0 Å². The Bertz CT molecular complexity index is 489. The SMILES string of the molecule is CCNC(CC)C(C)Cc1csc2ccccc12. The fourth-order valence-corrected chi connectivity index (χ4v) is 3.67. The maximum absolute atomic E-state index is 3.60. The topological polar surface area (TPSA) is 12.0 Å². The van der Waals surface area contributed by atoms with E-state index < -0.39 is 0 Å². The van der Waals surface area contributed by atoms with Crippen LogP contribution in [-0.4, -0.2) is 12.6 Å². The maximum atomic E-state index is 3.60. The molecule has 2 unspecified atom stereocenters. The van der Waals surface area contributed by atoms with Gasteiger partial charge in [0.05, 0.1) is 0 Å². The molecule has 0 spiro atoms. The summed E-state index contributed by atoms with van der Waals surface area (Å²) in [6, 6.07) is 9.37. The Morgan fingerprint density at radius 1 is 1.22 bits per heavy atom. The van der Waals surface area contributed by atoms with Gasteiger partial charge in [0, 0.05) is 10.7 Å². The summed E-state index contributed by atoms with van der Waals surface area (Å²) in [5, 5.41) is 7.37. The van der Waals surface area contributed by atoms with Gasteiger partial charge in [-0.25, -0.2) is 0 Å². The highest BCUT2D eigenvalue weighted by Crippen LogP contribution is 2.28. The van der Waals surface area contributed by atoms with Crippen LogP contribution in [0.25, 0.3) is 10.1 Å². The third kappa shape index (κ3) is 2.93. The maximum Gasteiger partial charge on any atom is 0.0345 e. The van der Waals surface area contributed by atoms with Gasteiger partial charge in [-0.1, -0.05) is 39.0 Å². The molecule has 2 rings (SSSR count). The van der Waals surface area contributed by atoms with Gasteiger partial charge in [-0.2, -0.15) is 0 Å². The molecule has 0 amide bonds. The molecule has 1 aromatic carbocycles. The fraction of sp³-hybridized carbons (Fsp3) is 0.500. The first-order chi connectivity index (χ1) is 8.76. The minimum absolute atomic E-state index is 0.633. The molecule has 1 nitrogen and oxygen atoms in total. The summed E-state index contributed by atoms with van der Waals surface area (Å²) in [6.45, 7) is 7.89. The van der Waals surface area contributed by atoms with Crippen LogP contribution >= 0.6 is 11.3 Å². The Kier molecular flexibility index (Phi) is 4.79. The zero-order chi connectivity index (χ0) is 13.0. The van der Waals surface area contributed by atoms with E-state index in [-0.39, 0.29) is 0 Å². The second kappa shape index (κ2) is 6.35. The smallest absolute Gasteiger partial charge is 0.0345 e. The molecule has 2 aromatic rings. The molecule has 1 aromatic heterocycles.